The van der Waals surface area contributed by atoms with Crippen LogP contribution in [0.1, 0.15) is 78.5 Å². The molecule has 35 heavy (non-hydrogen) atoms. The number of fused-ring (bicyclic) bond motifs is 4. The normalized spacial score (nSPS) is 31.6. The zero-order valence-electron chi connectivity index (χ0n) is 20.6. The van der Waals surface area contributed by atoms with Crippen molar-refractivity contribution in [1.82, 2.24) is 9.88 Å². The summed E-state index contributed by atoms with van der Waals surface area (Å²) in [6.07, 6.45) is 4.22. The molecule has 6 nitrogen and oxygen atoms in total. The van der Waals surface area contributed by atoms with Crippen LogP contribution in [0.5, 0.6) is 5.88 Å². The van der Waals surface area contributed by atoms with E-state index in [1.165, 1.54) is 0 Å². The summed E-state index contributed by atoms with van der Waals surface area (Å²) in [5.74, 6) is 0.972. The van der Waals surface area contributed by atoms with Crippen LogP contribution in [0.3, 0.4) is 0 Å². The number of nitrogen functional groups attached to an aromatic ring is 1. The number of benzene rings is 1. The molecule has 0 bridgehead atoms. The Balaban J connectivity index is 1.33. The third-order valence-corrected chi connectivity index (χ3v) is 8.88. The summed E-state index contributed by atoms with van der Waals surface area (Å²) in [4.78, 5) is 7.26. The molecule has 4 atom stereocenters. The van der Waals surface area contributed by atoms with Crippen molar-refractivity contribution >= 4 is 5.69 Å². The molecular weight excluding hydrogens is 443 g/mol. The van der Waals surface area contributed by atoms with E-state index in [4.69, 9.17) is 20.2 Å². The van der Waals surface area contributed by atoms with Gasteiger partial charge in [0, 0.05) is 36.2 Å². The predicted molar refractivity (Wildman–Crippen MR) is 131 cm³/mol. The lowest BCUT2D eigenvalue weighted by Gasteiger charge is -2.44. The fourth-order valence-corrected chi connectivity index (χ4v) is 7.01. The molecule has 2 fully saturated rings. The van der Waals surface area contributed by atoms with E-state index in [-0.39, 0.29) is 5.54 Å². The number of anilines is 1. The minimum atomic E-state index is -0.774. The van der Waals surface area contributed by atoms with Crippen molar-refractivity contribution in [2.75, 3.05) is 25.4 Å². The molecular formula is C28H33FN4O2. The Hall–Kier alpha value is -2.69. The van der Waals surface area contributed by atoms with Gasteiger partial charge in [-0.1, -0.05) is 13.0 Å². The van der Waals surface area contributed by atoms with Crippen LogP contribution in [0.4, 0.5) is 10.1 Å². The van der Waals surface area contributed by atoms with E-state index in [9.17, 15) is 9.65 Å². The van der Waals surface area contributed by atoms with E-state index in [0.717, 1.165) is 60.2 Å². The maximum atomic E-state index is 14.2. The average molecular weight is 477 g/mol. The van der Waals surface area contributed by atoms with Gasteiger partial charge in [0.25, 0.3) is 0 Å². The van der Waals surface area contributed by atoms with Crippen LogP contribution in [-0.2, 0) is 23.4 Å². The Morgan fingerprint density at radius 1 is 1.37 bits per heavy atom. The third kappa shape index (κ3) is 3.53. The van der Waals surface area contributed by atoms with Crippen LogP contribution in [-0.4, -0.2) is 41.3 Å². The summed E-state index contributed by atoms with van der Waals surface area (Å²) >= 11 is 0. The summed E-state index contributed by atoms with van der Waals surface area (Å²) in [6, 6.07) is 8.36. The van der Waals surface area contributed by atoms with E-state index < -0.39 is 11.8 Å². The number of hydrogen-bond donors (Lipinski definition) is 1. The summed E-state index contributed by atoms with van der Waals surface area (Å²) in [5, 5.41) is 9.97. The van der Waals surface area contributed by atoms with Crippen molar-refractivity contribution in [3.05, 3.63) is 51.7 Å². The Bertz CT molecular complexity index is 1230. The molecule has 2 N–H and O–H groups in total. The number of alkyl halides is 1. The highest BCUT2D eigenvalue weighted by molar-refractivity contribution is 5.63. The molecule has 1 aliphatic carbocycles. The first-order valence-electron chi connectivity index (χ1n) is 12.8. The lowest BCUT2D eigenvalue weighted by Crippen LogP contribution is -2.43. The number of nitrogens with two attached hydrogens (primary N) is 1. The quantitative estimate of drug-likeness (QED) is 0.649. The molecule has 3 aliphatic heterocycles. The number of halogens is 1. The Morgan fingerprint density at radius 3 is 3.06 bits per heavy atom. The Labute approximate surface area is 206 Å². The molecule has 2 saturated heterocycles. The number of pyridine rings is 1. The molecule has 0 amide bonds. The first-order valence-corrected chi connectivity index (χ1v) is 12.8. The Morgan fingerprint density at radius 2 is 2.23 bits per heavy atom. The highest BCUT2D eigenvalue weighted by atomic mass is 19.1. The molecule has 2 aromatic rings. The van der Waals surface area contributed by atoms with Gasteiger partial charge in [-0.2, -0.15) is 5.26 Å². The number of hydrogen-bond acceptors (Lipinski definition) is 6. The molecule has 6 rings (SSSR count). The number of nitrogens with zero attached hydrogens (tertiary/aromatic N) is 3. The highest BCUT2D eigenvalue weighted by Gasteiger charge is 2.50. The molecule has 4 aliphatic rings. The zero-order chi connectivity index (χ0) is 24.4. The van der Waals surface area contributed by atoms with Gasteiger partial charge in [0.15, 0.2) is 0 Å². The average Bonchev–Trinajstić information content (AvgIpc) is 3.36. The van der Waals surface area contributed by atoms with E-state index in [2.05, 4.69) is 30.0 Å². The smallest absolute Gasteiger partial charge is 0.216 e. The zero-order valence-corrected chi connectivity index (χ0v) is 20.6. The summed E-state index contributed by atoms with van der Waals surface area (Å²) in [6.45, 7) is 6.58. The van der Waals surface area contributed by atoms with Gasteiger partial charge in [-0.3, -0.25) is 4.90 Å². The van der Waals surface area contributed by atoms with Crippen LogP contribution in [0.2, 0.25) is 0 Å². The molecule has 184 valence electrons. The predicted octanol–water partition coefficient (Wildman–Crippen LogP) is 4.66. The second-order valence-electron chi connectivity index (χ2n) is 11.1. The molecule has 0 saturated carbocycles. The van der Waals surface area contributed by atoms with Crippen LogP contribution < -0.4 is 10.5 Å². The van der Waals surface area contributed by atoms with Gasteiger partial charge < -0.3 is 15.2 Å². The van der Waals surface area contributed by atoms with E-state index in [1.54, 1.807) is 0 Å². The maximum absolute atomic E-state index is 14.2. The summed E-state index contributed by atoms with van der Waals surface area (Å²) in [5.41, 5.74) is 11.5. The monoisotopic (exact) mass is 476 g/mol. The standard InChI is InChI=1S/C28H33FN4O2/c1-17-6-8-28(25-21(17)4-5-23(31)22(25)13-30)12-24-19(15-35-28)10-18(2)26(32-24)34-16-27-7-3-9-33(27)14-20(29)11-27/h4-5,10,17,20H,3,6-9,11-12,14-16,31H2,1-2H3/t17-,20+,27?,28-/m0/s1. The van der Waals surface area contributed by atoms with Crippen molar-refractivity contribution in [2.24, 2.45) is 0 Å². The van der Waals surface area contributed by atoms with Crippen LogP contribution in [0.25, 0.3) is 0 Å². The van der Waals surface area contributed by atoms with Crippen molar-refractivity contribution in [3.63, 3.8) is 0 Å². The van der Waals surface area contributed by atoms with E-state index in [0.29, 0.717) is 55.6 Å². The second kappa shape index (κ2) is 8.18. The number of aromatic nitrogens is 1. The van der Waals surface area contributed by atoms with Crippen LogP contribution >= 0.6 is 0 Å². The molecule has 1 aromatic carbocycles. The van der Waals surface area contributed by atoms with Gasteiger partial charge in [-0.05, 0) is 68.3 Å². The van der Waals surface area contributed by atoms with Crippen molar-refractivity contribution < 1.29 is 13.9 Å². The number of nitriles is 1. The van der Waals surface area contributed by atoms with Crippen LogP contribution in [0.15, 0.2) is 18.2 Å². The number of aryl methyl sites for hydroxylation is 1. The largest absolute Gasteiger partial charge is 0.475 e. The van der Waals surface area contributed by atoms with Gasteiger partial charge in [0.05, 0.1) is 23.4 Å². The van der Waals surface area contributed by atoms with E-state index >= 15 is 0 Å². The first kappa shape index (κ1) is 22.8. The lowest BCUT2D eigenvalue weighted by atomic mass is 9.69. The SMILES string of the molecule is Cc1cc2c(nc1OCC13CCCN1C[C@H](F)C3)C[C@]1(CC[C@H](C)c3ccc(N)c(C#N)c31)OC2. The minimum absolute atomic E-state index is 0.203. The van der Waals surface area contributed by atoms with Gasteiger partial charge in [-0.15, -0.1) is 0 Å². The summed E-state index contributed by atoms with van der Waals surface area (Å²) in [7, 11) is 0. The molecule has 1 unspecified atom stereocenters. The van der Waals surface area contributed by atoms with Crippen molar-refractivity contribution in [3.8, 4) is 11.9 Å². The van der Waals surface area contributed by atoms with E-state index in [1.807, 2.05) is 13.0 Å². The fourth-order valence-electron chi connectivity index (χ4n) is 7.01. The Kier molecular flexibility index (Phi) is 5.32. The minimum Gasteiger partial charge on any atom is -0.475 e. The van der Waals surface area contributed by atoms with Crippen molar-refractivity contribution in [2.45, 2.75) is 82.2 Å². The molecule has 0 radical (unpaired) electrons. The molecule has 1 spiro atoms. The van der Waals surface area contributed by atoms with Gasteiger partial charge in [0.2, 0.25) is 5.88 Å². The fraction of sp³-hybridized carbons (Fsp3) is 0.571. The summed E-state index contributed by atoms with van der Waals surface area (Å²) < 4.78 is 27.1. The lowest BCUT2D eigenvalue weighted by molar-refractivity contribution is -0.0873. The van der Waals surface area contributed by atoms with Crippen LogP contribution in [0, 0.1) is 18.3 Å². The second-order valence-corrected chi connectivity index (χ2v) is 11.1. The highest BCUT2D eigenvalue weighted by Crippen LogP contribution is 2.50. The maximum Gasteiger partial charge on any atom is 0.216 e. The first-order chi connectivity index (χ1) is 16.8. The van der Waals surface area contributed by atoms with Gasteiger partial charge >= 0.3 is 0 Å². The van der Waals surface area contributed by atoms with Gasteiger partial charge in [0.1, 0.15) is 24.4 Å². The molecule has 7 heteroatoms. The van der Waals surface area contributed by atoms with Gasteiger partial charge in [-0.25, -0.2) is 9.37 Å². The number of ether oxygens (including phenoxy) is 2. The topological polar surface area (TPSA) is 84.4 Å². The molecule has 1 aromatic heterocycles. The number of rotatable bonds is 3. The third-order valence-electron chi connectivity index (χ3n) is 8.88. The van der Waals surface area contributed by atoms with Crippen molar-refractivity contribution in [1.29, 1.82) is 5.26 Å². The molecule has 4 heterocycles.